The van der Waals surface area contributed by atoms with Gasteiger partial charge in [-0.05, 0) is 65.4 Å². The lowest BCUT2D eigenvalue weighted by molar-refractivity contribution is -0.115. The SMILES string of the molecule is Cc1ccc(NC(=O)CNC(=O)c2ccc3c(c2)OCO3)cc1I. The molecule has 0 fully saturated rings. The molecule has 0 saturated heterocycles. The number of rotatable bonds is 4. The maximum Gasteiger partial charge on any atom is 0.251 e. The highest BCUT2D eigenvalue weighted by Crippen LogP contribution is 2.32. The Labute approximate surface area is 152 Å². The first kappa shape index (κ1) is 16.6. The summed E-state index contributed by atoms with van der Waals surface area (Å²) < 4.78 is 11.5. The van der Waals surface area contributed by atoms with Crippen LogP contribution in [0.25, 0.3) is 0 Å². The maximum atomic E-state index is 12.1. The smallest absolute Gasteiger partial charge is 0.251 e. The predicted octanol–water partition coefficient (Wildman–Crippen LogP) is 2.70. The quantitative estimate of drug-likeness (QED) is 0.720. The fourth-order valence-electron chi connectivity index (χ4n) is 2.18. The second kappa shape index (κ2) is 7.08. The maximum absolute atomic E-state index is 12.1. The van der Waals surface area contributed by atoms with Crippen molar-refractivity contribution < 1.29 is 19.1 Å². The molecule has 1 aliphatic rings. The molecule has 2 aromatic rings. The van der Waals surface area contributed by atoms with Crippen LogP contribution in [0.4, 0.5) is 5.69 Å². The Morgan fingerprint density at radius 3 is 2.71 bits per heavy atom. The summed E-state index contributed by atoms with van der Waals surface area (Å²) in [6.45, 7) is 2.04. The number of carbonyl (C=O) groups is 2. The van der Waals surface area contributed by atoms with Crippen molar-refractivity contribution >= 4 is 40.1 Å². The number of halogens is 1. The fourth-order valence-corrected chi connectivity index (χ4v) is 2.69. The van der Waals surface area contributed by atoms with E-state index in [1.165, 1.54) is 0 Å². The first-order valence-electron chi connectivity index (χ1n) is 7.27. The average Bonchev–Trinajstić information content (AvgIpc) is 3.03. The lowest BCUT2D eigenvalue weighted by Gasteiger charge is -2.08. The number of anilines is 1. The van der Waals surface area contributed by atoms with Crippen LogP contribution in [0.1, 0.15) is 15.9 Å². The van der Waals surface area contributed by atoms with Gasteiger partial charge in [0, 0.05) is 14.8 Å². The first-order valence-corrected chi connectivity index (χ1v) is 8.34. The van der Waals surface area contributed by atoms with Crippen molar-refractivity contribution in [3.05, 3.63) is 51.1 Å². The van der Waals surface area contributed by atoms with E-state index in [4.69, 9.17) is 9.47 Å². The molecule has 2 N–H and O–H groups in total. The number of benzene rings is 2. The van der Waals surface area contributed by atoms with Gasteiger partial charge < -0.3 is 20.1 Å². The third kappa shape index (κ3) is 3.78. The molecule has 1 aliphatic heterocycles. The van der Waals surface area contributed by atoms with E-state index in [1.54, 1.807) is 18.2 Å². The molecule has 7 heteroatoms. The van der Waals surface area contributed by atoms with E-state index in [0.717, 1.165) is 9.13 Å². The van der Waals surface area contributed by atoms with Gasteiger partial charge in [-0.15, -0.1) is 0 Å². The van der Waals surface area contributed by atoms with E-state index in [9.17, 15) is 9.59 Å². The number of carbonyl (C=O) groups excluding carboxylic acids is 2. The minimum absolute atomic E-state index is 0.113. The van der Waals surface area contributed by atoms with Crippen LogP contribution in [0.5, 0.6) is 11.5 Å². The second-order valence-electron chi connectivity index (χ2n) is 5.26. The summed E-state index contributed by atoms with van der Waals surface area (Å²) >= 11 is 2.21. The molecule has 0 unspecified atom stereocenters. The number of hydrogen-bond donors (Lipinski definition) is 2. The van der Waals surface area contributed by atoms with E-state index < -0.39 is 0 Å². The average molecular weight is 438 g/mol. The van der Waals surface area contributed by atoms with E-state index in [2.05, 4.69) is 33.2 Å². The third-order valence-electron chi connectivity index (χ3n) is 3.50. The lowest BCUT2D eigenvalue weighted by Crippen LogP contribution is -2.32. The monoisotopic (exact) mass is 438 g/mol. The lowest BCUT2D eigenvalue weighted by atomic mass is 10.2. The highest BCUT2D eigenvalue weighted by molar-refractivity contribution is 14.1. The zero-order valence-corrected chi connectivity index (χ0v) is 15.0. The molecule has 2 amide bonds. The Bertz CT molecular complexity index is 807. The van der Waals surface area contributed by atoms with Gasteiger partial charge in [0.1, 0.15) is 0 Å². The molecule has 3 rings (SSSR count). The number of ether oxygens (including phenoxy) is 2. The highest BCUT2D eigenvalue weighted by atomic mass is 127. The summed E-state index contributed by atoms with van der Waals surface area (Å²) in [6.07, 6.45) is 0. The van der Waals surface area contributed by atoms with Gasteiger partial charge in [-0.2, -0.15) is 0 Å². The van der Waals surface area contributed by atoms with Crippen LogP contribution in [-0.2, 0) is 4.79 Å². The topological polar surface area (TPSA) is 76.7 Å². The van der Waals surface area contributed by atoms with Crippen molar-refractivity contribution in [2.75, 3.05) is 18.7 Å². The zero-order valence-electron chi connectivity index (χ0n) is 12.9. The van der Waals surface area contributed by atoms with Gasteiger partial charge in [0.25, 0.3) is 5.91 Å². The Balaban J connectivity index is 1.55. The molecule has 6 nitrogen and oxygen atoms in total. The van der Waals surface area contributed by atoms with Crippen LogP contribution in [0.3, 0.4) is 0 Å². The molecule has 0 atom stereocenters. The molecule has 24 heavy (non-hydrogen) atoms. The van der Waals surface area contributed by atoms with E-state index >= 15 is 0 Å². The van der Waals surface area contributed by atoms with Gasteiger partial charge in [-0.25, -0.2) is 0 Å². The zero-order chi connectivity index (χ0) is 17.1. The first-order chi connectivity index (χ1) is 11.5. The molecule has 0 aliphatic carbocycles. The van der Waals surface area contributed by atoms with Gasteiger partial charge in [-0.1, -0.05) is 6.07 Å². The number of fused-ring (bicyclic) bond motifs is 1. The van der Waals surface area contributed by atoms with Crippen molar-refractivity contribution in [2.45, 2.75) is 6.92 Å². The van der Waals surface area contributed by atoms with Gasteiger partial charge in [0.05, 0.1) is 6.54 Å². The Morgan fingerprint density at radius 2 is 1.92 bits per heavy atom. The van der Waals surface area contributed by atoms with Gasteiger partial charge in [-0.3, -0.25) is 9.59 Å². The molecule has 0 spiro atoms. The molecule has 1 heterocycles. The standard InChI is InChI=1S/C17H15IN2O4/c1-10-2-4-12(7-13(10)18)20-16(21)8-19-17(22)11-3-5-14-15(6-11)24-9-23-14/h2-7H,8-9H2,1H3,(H,19,22)(H,20,21). The summed E-state index contributed by atoms with van der Waals surface area (Å²) in [5.41, 5.74) is 2.26. The largest absolute Gasteiger partial charge is 0.454 e. The van der Waals surface area contributed by atoms with E-state index in [-0.39, 0.29) is 25.2 Å². The van der Waals surface area contributed by atoms with Crippen LogP contribution < -0.4 is 20.1 Å². The number of aryl methyl sites for hydroxylation is 1. The fraction of sp³-hybridized carbons (Fsp3) is 0.176. The predicted molar refractivity (Wildman–Crippen MR) is 97.4 cm³/mol. The van der Waals surface area contributed by atoms with Crippen molar-refractivity contribution in [3.63, 3.8) is 0 Å². The molecule has 0 radical (unpaired) electrons. The number of nitrogens with one attached hydrogen (secondary N) is 2. The highest BCUT2D eigenvalue weighted by Gasteiger charge is 2.16. The third-order valence-corrected chi connectivity index (χ3v) is 4.66. The molecular formula is C17H15IN2O4. The van der Waals surface area contributed by atoms with Gasteiger partial charge >= 0.3 is 0 Å². The summed E-state index contributed by atoms with van der Waals surface area (Å²) in [4.78, 5) is 24.1. The summed E-state index contributed by atoms with van der Waals surface area (Å²) in [5, 5.41) is 5.34. The Kier molecular flexibility index (Phi) is 4.89. The summed E-state index contributed by atoms with van der Waals surface area (Å²) in [7, 11) is 0. The van der Waals surface area contributed by atoms with Crippen LogP contribution in [0, 0.1) is 10.5 Å². The second-order valence-corrected chi connectivity index (χ2v) is 6.43. The van der Waals surface area contributed by atoms with E-state index in [0.29, 0.717) is 22.7 Å². The van der Waals surface area contributed by atoms with Gasteiger partial charge in [0.15, 0.2) is 11.5 Å². The number of amides is 2. The molecule has 124 valence electrons. The van der Waals surface area contributed by atoms with Crippen LogP contribution in [-0.4, -0.2) is 25.2 Å². The van der Waals surface area contributed by atoms with Crippen LogP contribution in [0.15, 0.2) is 36.4 Å². The van der Waals surface area contributed by atoms with Crippen LogP contribution >= 0.6 is 22.6 Å². The molecular weight excluding hydrogens is 423 g/mol. The van der Waals surface area contributed by atoms with Crippen molar-refractivity contribution in [1.29, 1.82) is 0 Å². The minimum Gasteiger partial charge on any atom is -0.454 e. The normalized spacial score (nSPS) is 11.9. The van der Waals surface area contributed by atoms with Gasteiger partial charge in [0.2, 0.25) is 12.7 Å². The Hall–Kier alpha value is -2.29. The van der Waals surface area contributed by atoms with E-state index in [1.807, 2.05) is 25.1 Å². The molecule has 0 saturated carbocycles. The minimum atomic E-state index is -0.345. The van der Waals surface area contributed by atoms with Crippen molar-refractivity contribution in [1.82, 2.24) is 5.32 Å². The summed E-state index contributed by atoms with van der Waals surface area (Å²) in [5.74, 6) is 0.505. The number of hydrogen-bond acceptors (Lipinski definition) is 4. The molecule has 2 aromatic carbocycles. The Morgan fingerprint density at radius 1 is 1.12 bits per heavy atom. The summed E-state index contributed by atoms with van der Waals surface area (Å²) in [6, 6.07) is 10.5. The molecule has 0 aromatic heterocycles. The molecule has 0 bridgehead atoms. The van der Waals surface area contributed by atoms with Crippen molar-refractivity contribution in [3.8, 4) is 11.5 Å². The van der Waals surface area contributed by atoms with Crippen LogP contribution in [0.2, 0.25) is 0 Å². The van der Waals surface area contributed by atoms with Crippen molar-refractivity contribution in [2.24, 2.45) is 0 Å².